The Hall–Kier alpha value is -0.830. The van der Waals surface area contributed by atoms with E-state index < -0.39 is 0 Å². The van der Waals surface area contributed by atoms with Crippen LogP contribution in [0.15, 0.2) is 12.4 Å². The van der Waals surface area contributed by atoms with Crippen molar-refractivity contribution in [3.63, 3.8) is 0 Å². The van der Waals surface area contributed by atoms with Crippen molar-refractivity contribution in [2.45, 2.75) is 39.2 Å². The van der Waals surface area contributed by atoms with E-state index in [1.165, 1.54) is 19.3 Å². The van der Waals surface area contributed by atoms with Crippen LogP contribution in [0.5, 0.6) is 0 Å². The minimum absolute atomic E-state index is 0.446. The molecule has 2 rings (SSSR count). The van der Waals surface area contributed by atoms with Crippen molar-refractivity contribution in [3.05, 3.63) is 17.5 Å². The third-order valence-electron chi connectivity index (χ3n) is 3.37. The van der Waals surface area contributed by atoms with E-state index in [-0.39, 0.29) is 0 Å². The Morgan fingerprint density at radius 3 is 2.81 bits per heavy atom. The van der Waals surface area contributed by atoms with E-state index in [2.05, 4.69) is 29.1 Å². The van der Waals surface area contributed by atoms with Crippen molar-refractivity contribution in [1.29, 1.82) is 0 Å². The van der Waals surface area contributed by atoms with E-state index in [4.69, 9.17) is 11.6 Å². The fraction of sp³-hybridized carbons (Fsp3) is 0.667. The zero-order chi connectivity index (χ0) is 11.5. The molecule has 16 heavy (non-hydrogen) atoms. The lowest BCUT2D eigenvalue weighted by atomic mass is 9.80. The highest BCUT2D eigenvalue weighted by Crippen LogP contribution is 2.30. The number of hydrogen-bond donors (Lipinski definition) is 1. The van der Waals surface area contributed by atoms with Crippen LogP contribution in [0.25, 0.3) is 0 Å². The molecular weight excluding hydrogens is 222 g/mol. The Balaban J connectivity index is 1.99. The van der Waals surface area contributed by atoms with Gasteiger partial charge in [0.25, 0.3) is 0 Å². The van der Waals surface area contributed by atoms with Crippen LogP contribution in [0.1, 0.15) is 33.1 Å². The standard InChI is InChI=1S/C12H18ClN3/c1-8-3-4-10(9(2)5-8)15-12-7-14-6-11(13)16-12/h6-10H,3-5H2,1-2H3,(H,15,16). The maximum absolute atomic E-state index is 5.81. The predicted molar refractivity (Wildman–Crippen MR) is 66.6 cm³/mol. The van der Waals surface area contributed by atoms with E-state index in [1.807, 2.05) is 0 Å². The smallest absolute Gasteiger partial charge is 0.149 e. The van der Waals surface area contributed by atoms with Gasteiger partial charge in [-0.3, -0.25) is 4.98 Å². The molecule has 1 heterocycles. The number of nitrogens with one attached hydrogen (secondary N) is 1. The van der Waals surface area contributed by atoms with Gasteiger partial charge in [0.2, 0.25) is 0 Å². The molecule has 3 atom stereocenters. The van der Waals surface area contributed by atoms with Gasteiger partial charge in [-0.2, -0.15) is 0 Å². The molecule has 0 amide bonds. The van der Waals surface area contributed by atoms with E-state index in [9.17, 15) is 0 Å². The molecule has 0 aromatic carbocycles. The van der Waals surface area contributed by atoms with Crippen LogP contribution in [-0.2, 0) is 0 Å². The summed E-state index contributed by atoms with van der Waals surface area (Å²) in [5.74, 6) is 2.32. The minimum atomic E-state index is 0.446. The molecule has 1 aliphatic carbocycles. The highest BCUT2D eigenvalue weighted by atomic mass is 35.5. The first-order chi connectivity index (χ1) is 7.65. The maximum atomic E-state index is 5.81. The molecule has 0 radical (unpaired) electrons. The van der Waals surface area contributed by atoms with Crippen LogP contribution < -0.4 is 5.32 Å². The summed E-state index contributed by atoms with van der Waals surface area (Å²) in [6, 6.07) is 0.504. The fourth-order valence-electron chi connectivity index (χ4n) is 2.48. The van der Waals surface area contributed by atoms with Gasteiger partial charge in [-0.25, -0.2) is 4.98 Å². The zero-order valence-electron chi connectivity index (χ0n) is 9.78. The lowest BCUT2D eigenvalue weighted by molar-refractivity contribution is 0.276. The Kier molecular flexibility index (Phi) is 3.64. The van der Waals surface area contributed by atoms with Crippen LogP contribution in [0.3, 0.4) is 0 Å². The molecule has 3 unspecified atom stereocenters. The fourth-order valence-corrected chi connectivity index (χ4v) is 2.63. The Morgan fingerprint density at radius 1 is 1.31 bits per heavy atom. The molecule has 1 aliphatic rings. The highest BCUT2D eigenvalue weighted by molar-refractivity contribution is 6.29. The summed E-state index contributed by atoms with van der Waals surface area (Å²) in [6.45, 7) is 4.62. The Morgan fingerprint density at radius 2 is 2.12 bits per heavy atom. The Labute approximate surface area is 102 Å². The van der Waals surface area contributed by atoms with Crippen molar-refractivity contribution >= 4 is 17.4 Å². The van der Waals surface area contributed by atoms with Gasteiger partial charge in [0, 0.05) is 6.04 Å². The number of anilines is 1. The molecule has 0 saturated heterocycles. The summed E-state index contributed by atoms with van der Waals surface area (Å²) >= 11 is 5.81. The largest absolute Gasteiger partial charge is 0.366 e. The molecule has 1 saturated carbocycles. The second kappa shape index (κ2) is 5.00. The first-order valence-electron chi connectivity index (χ1n) is 5.89. The van der Waals surface area contributed by atoms with Gasteiger partial charge in [0.1, 0.15) is 11.0 Å². The Bertz CT molecular complexity index is 356. The van der Waals surface area contributed by atoms with Gasteiger partial charge in [0.15, 0.2) is 0 Å². The topological polar surface area (TPSA) is 37.8 Å². The molecule has 0 aliphatic heterocycles. The van der Waals surface area contributed by atoms with Crippen molar-refractivity contribution in [3.8, 4) is 0 Å². The maximum Gasteiger partial charge on any atom is 0.149 e. The van der Waals surface area contributed by atoms with E-state index >= 15 is 0 Å². The van der Waals surface area contributed by atoms with Crippen molar-refractivity contribution in [1.82, 2.24) is 9.97 Å². The lowest BCUT2D eigenvalue weighted by Crippen LogP contribution is -2.33. The molecule has 1 N–H and O–H groups in total. The molecule has 1 fully saturated rings. The minimum Gasteiger partial charge on any atom is -0.366 e. The third-order valence-corrected chi connectivity index (χ3v) is 3.55. The zero-order valence-corrected chi connectivity index (χ0v) is 10.5. The van der Waals surface area contributed by atoms with E-state index in [0.717, 1.165) is 11.7 Å². The molecule has 1 aromatic rings. The van der Waals surface area contributed by atoms with E-state index in [0.29, 0.717) is 17.1 Å². The summed E-state index contributed by atoms with van der Waals surface area (Å²) in [7, 11) is 0. The van der Waals surface area contributed by atoms with Gasteiger partial charge < -0.3 is 5.32 Å². The number of rotatable bonds is 2. The first kappa shape index (κ1) is 11.6. The average molecular weight is 240 g/mol. The average Bonchev–Trinajstić information content (AvgIpc) is 2.22. The molecule has 88 valence electrons. The summed E-state index contributed by atoms with van der Waals surface area (Å²) in [5, 5.41) is 3.88. The van der Waals surface area contributed by atoms with Gasteiger partial charge in [-0.05, 0) is 31.1 Å². The summed E-state index contributed by atoms with van der Waals surface area (Å²) in [5.41, 5.74) is 0. The van der Waals surface area contributed by atoms with Crippen LogP contribution in [0.2, 0.25) is 5.15 Å². The predicted octanol–water partition coefficient (Wildman–Crippen LogP) is 3.37. The highest BCUT2D eigenvalue weighted by Gasteiger charge is 2.25. The SMILES string of the molecule is CC1CCC(Nc2cncc(Cl)n2)C(C)C1. The van der Waals surface area contributed by atoms with Crippen molar-refractivity contribution in [2.75, 3.05) is 5.32 Å². The summed E-state index contributed by atoms with van der Waals surface area (Å²) in [4.78, 5) is 8.25. The lowest BCUT2D eigenvalue weighted by Gasteiger charge is -2.33. The first-order valence-corrected chi connectivity index (χ1v) is 6.27. The molecule has 0 bridgehead atoms. The molecule has 4 heteroatoms. The second-order valence-corrected chi connectivity index (χ2v) is 5.26. The van der Waals surface area contributed by atoms with Gasteiger partial charge in [0.05, 0.1) is 12.4 Å². The summed E-state index contributed by atoms with van der Waals surface area (Å²) < 4.78 is 0. The van der Waals surface area contributed by atoms with Crippen LogP contribution in [-0.4, -0.2) is 16.0 Å². The third kappa shape index (κ3) is 2.85. The number of aromatic nitrogens is 2. The van der Waals surface area contributed by atoms with E-state index in [1.54, 1.807) is 12.4 Å². The quantitative estimate of drug-likeness (QED) is 0.860. The van der Waals surface area contributed by atoms with Gasteiger partial charge in [-0.15, -0.1) is 0 Å². The normalized spacial score (nSPS) is 30.1. The summed E-state index contributed by atoms with van der Waals surface area (Å²) in [6.07, 6.45) is 7.06. The number of nitrogens with zero attached hydrogens (tertiary/aromatic N) is 2. The number of halogens is 1. The van der Waals surface area contributed by atoms with Crippen molar-refractivity contribution in [2.24, 2.45) is 11.8 Å². The molecule has 1 aromatic heterocycles. The molecule has 3 nitrogen and oxygen atoms in total. The van der Waals surface area contributed by atoms with Gasteiger partial charge in [-0.1, -0.05) is 25.4 Å². The molecule has 0 spiro atoms. The van der Waals surface area contributed by atoms with Crippen LogP contribution >= 0.6 is 11.6 Å². The number of hydrogen-bond acceptors (Lipinski definition) is 3. The molecular formula is C12H18ClN3. The van der Waals surface area contributed by atoms with Crippen LogP contribution in [0.4, 0.5) is 5.82 Å². The van der Waals surface area contributed by atoms with Gasteiger partial charge >= 0.3 is 0 Å². The monoisotopic (exact) mass is 239 g/mol. The van der Waals surface area contributed by atoms with Crippen molar-refractivity contribution < 1.29 is 0 Å². The van der Waals surface area contributed by atoms with Crippen LogP contribution in [0, 0.1) is 11.8 Å². The second-order valence-electron chi connectivity index (χ2n) is 4.87.